The molecule has 1 aliphatic rings. The Morgan fingerprint density at radius 2 is 2.00 bits per heavy atom. The van der Waals surface area contributed by atoms with Crippen LogP contribution >= 0.6 is 0 Å². The summed E-state index contributed by atoms with van der Waals surface area (Å²) in [5, 5.41) is 3.17. The van der Waals surface area contributed by atoms with Crippen molar-refractivity contribution in [1.82, 2.24) is 10.2 Å². The largest absolute Gasteiger partial charge is 0.383 e. The number of hydrogen-bond donors (Lipinski definition) is 1. The molecule has 4 nitrogen and oxygen atoms in total. The van der Waals surface area contributed by atoms with E-state index in [1.807, 2.05) is 6.07 Å². The Balaban J connectivity index is 1.86. The zero-order valence-corrected chi connectivity index (χ0v) is 13.6. The molecule has 1 aliphatic carbocycles. The van der Waals surface area contributed by atoms with Gasteiger partial charge in [0.2, 0.25) is 5.91 Å². The number of rotatable bonds is 9. The van der Waals surface area contributed by atoms with Gasteiger partial charge in [0.05, 0.1) is 13.2 Å². The fourth-order valence-electron chi connectivity index (χ4n) is 3.09. The zero-order chi connectivity index (χ0) is 15.6. The average molecular weight is 304 g/mol. The summed E-state index contributed by atoms with van der Waals surface area (Å²) in [6, 6.07) is 10.8. The first-order valence-electron chi connectivity index (χ1n) is 8.34. The predicted molar refractivity (Wildman–Crippen MR) is 88.9 cm³/mol. The van der Waals surface area contributed by atoms with Crippen molar-refractivity contribution in [2.24, 2.45) is 0 Å². The van der Waals surface area contributed by atoms with E-state index in [0.29, 0.717) is 19.2 Å². The summed E-state index contributed by atoms with van der Waals surface area (Å²) in [7, 11) is 1.67. The lowest BCUT2D eigenvalue weighted by Crippen LogP contribution is -2.45. The standard InChI is InChI=1S/C18H28N2O2/c1-22-14-12-19-15-18(21)20(17-9-5-6-10-17)13-11-16-7-3-2-4-8-16/h2-4,7-8,17,19H,5-6,9-15H2,1H3. The second-order valence-electron chi connectivity index (χ2n) is 5.93. The summed E-state index contributed by atoms with van der Waals surface area (Å²) < 4.78 is 5.00. The molecule has 1 fully saturated rings. The molecule has 1 N–H and O–H groups in total. The molecule has 1 saturated carbocycles. The molecular formula is C18H28N2O2. The van der Waals surface area contributed by atoms with Crippen LogP contribution in [0.25, 0.3) is 0 Å². The Morgan fingerprint density at radius 3 is 2.68 bits per heavy atom. The van der Waals surface area contributed by atoms with Gasteiger partial charge in [0.15, 0.2) is 0 Å². The minimum Gasteiger partial charge on any atom is -0.383 e. The van der Waals surface area contributed by atoms with Crippen molar-refractivity contribution in [2.45, 2.75) is 38.1 Å². The van der Waals surface area contributed by atoms with E-state index in [9.17, 15) is 4.79 Å². The third-order valence-electron chi connectivity index (χ3n) is 4.33. The van der Waals surface area contributed by atoms with Gasteiger partial charge in [0.25, 0.3) is 0 Å². The Kier molecular flexibility index (Phi) is 7.40. The molecule has 22 heavy (non-hydrogen) atoms. The molecular weight excluding hydrogens is 276 g/mol. The highest BCUT2D eigenvalue weighted by atomic mass is 16.5. The smallest absolute Gasteiger partial charge is 0.236 e. The molecule has 0 radical (unpaired) electrons. The first kappa shape index (κ1) is 17.0. The quantitative estimate of drug-likeness (QED) is 0.711. The second kappa shape index (κ2) is 9.59. The fraction of sp³-hybridized carbons (Fsp3) is 0.611. The zero-order valence-electron chi connectivity index (χ0n) is 13.6. The Bertz CT molecular complexity index is 430. The van der Waals surface area contributed by atoms with Gasteiger partial charge in [0.1, 0.15) is 0 Å². The maximum Gasteiger partial charge on any atom is 0.236 e. The summed E-state index contributed by atoms with van der Waals surface area (Å²) in [5.74, 6) is 0.221. The molecule has 2 rings (SSSR count). The van der Waals surface area contributed by atoms with Gasteiger partial charge in [-0.1, -0.05) is 43.2 Å². The van der Waals surface area contributed by atoms with Gasteiger partial charge >= 0.3 is 0 Å². The van der Waals surface area contributed by atoms with Crippen LogP contribution in [0.15, 0.2) is 30.3 Å². The highest BCUT2D eigenvalue weighted by Crippen LogP contribution is 2.23. The van der Waals surface area contributed by atoms with Gasteiger partial charge in [0, 0.05) is 26.2 Å². The van der Waals surface area contributed by atoms with Gasteiger partial charge in [-0.2, -0.15) is 0 Å². The summed E-state index contributed by atoms with van der Waals surface area (Å²) in [6.45, 7) is 2.59. The van der Waals surface area contributed by atoms with Gasteiger partial charge in [-0.15, -0.1) is 0 Å². The van der Waals surface area contributed by atoms with Gasteiger partial charge < -0.3 is 15.0 Å². The molecule has 0 atom stereocenters. The molecule has 1 amide bonds. The van der Waals surface area contributed by atoms with E-state index in [1.165, 1.54) is 18.4 Å². The molecule has 0 bridgehead atoms. The molecule has 0 unspecified atom stereocenters. The molecule has 0 aromatic heterocycles. The summed E-state index contributed by atoms with van der Waals surface area (Å²) >= 11 is 0. The Morgan fingerprint density at radius 1 is 1.27 bits per heavy atom. The van der Waals surface area contributed by atoms with Crippen LogP contribution in [0.4, 0.5) is 0 Å². The summed E-state index contributed by atoms with van der Waals surface area (Å²) in [6.07, 6.45) is 5.73. The van der Waals surface area contributed by atoms with Crippen molar-refractivity contribution in [3.05, 3.63) is 35.9 Å². The third-order valence-corrected chi connectivity index (χ3v) is 4.33. The SMILES string of the molecule is COCCNCC(=O)N(CCc1ccccc1)C1CCCC1. The lowest BCUT2D eigenvalue weighted by molar-refractivity contribution is -0.132. The van der Waals surface area contributed by atoms with Crippen LogP contribution in [0, 0.1) is 0 Å². The summed E-state index contributed by atoms with van der Waals surface area (Å²) in [5.41, 5.74) is 1.30. The number of benzene rings is 1. The maximum atomic E-state index is 12.5. The van der Waals surface area contributed by atoms with Gasteiger partial charge in [-0.25, -0.2) is 0 Å². The van der Waals surface area contributed by atoms with Crippen LogP contribution in [0.3, 0.4) is 0 Å². The number of methoxy groups -OCH3 is 1. The van der Waals surface area contributed by atoms with Crippen molar-refractivity contribution in [3.63, 3.8) is 0 Å². The third kappa shape index (κ3) is 5.43. The predicted octanol–water partition coefficient (Wildman–Crippen LogP) is 2.24. The fourth-order valence-corrected chi connectivity index (χ4v) is 3.09. The first-order valence-corrected chi connectivity index (χ1v) is 8.34. The first-order chi connectivity index (χ1) is 10.8. The second-order valence-corrected chi connectivity index (χ2v) is 5.93. The highest BCUT2D eigenvalue weighted by molar-refractivity contribution is 5.78. The topological polar surface area (TPSA) is 41.6 Å². The molecule has 0 aliphatic heterocycles. The molecule has 4 heteroatoms. The number of nitrogens with zero attached hydrogens (tertiary/aromatic N) is 1. The van der Waals surface area contributed by atoms with E-state index in [1.54, 1.807) is 7.11 Å². The minimum absolute atomic E-state index is 0.221. The van der Waals surface area contributed by atoms with Gasteiger partial charge in [-0.3, -0.25) is 4.79 Å². The van der Waals surface area contributed by atoms with Crippen molar-refractivity contribution in [2.75, 3.05) is 33.4 Å². The van der Waals surface area contributed by atoms with Crippen LogP contribution in [0.2, 0.25) is 0 Å². The van der Waals surface area contributed by atoms with Gasteiger partial charge in [-0.05, 0) is 24.8 Å². The van der Waals surface area contributed by atoms with Crippen LogP contribution in [-0.4, -0.2) is 50.2 Å². The molecule has 1 aromatic rings. The van der Waals surface area contributed by atoms with E-state index < -0.39 is 0 Å². The van der Waals surface area contributed by atoms with E-state index >= 15 is 0 Å². The minimum atomic E-state index is 0.221. The number of nitrogens with one attached hydrogen (secondary N) is 1. The average Bonchev–Trinajstić information content (AvgIpc) is 3.07. The highest BCUT2D eigenvalue weighted by Gasteiger charge is 2.25. The number of hydrogen-bond acceptors (Lipinski definition) is 3. The van der Waals surface area contributed by atoms with E-state index in [4.69, 9.17) is 4.74 Å². The lowest BCUT2D eigenvalue weighted by Gasteiger charge is -2.29. The number of amides is 1. The number of carbonyl (C=O) groups excluding carboxylic acids is 1. The van der Waals surface area contributed by atoms with Crippen molar-refractivity contribution >= 4 is 5.91 Å². The Hall–Kier alpha value is -1.39. The van der Waals surface area contributed by atoms with E-state index in [-0.39, 0.29) is 5.91 Å². The maximum absolute atomic E-state index is 12.5. The van der Waals surface area contributed by atoms with Crippen molar-refractivity contribution in [1.29, 1.82) is 0 Å². The molecule has 1 aromatic carbocycles. The van der Waals surface area contributed by atoms with E-state index in [0.717, 1.165) is 32.4 Å². The monoisotopic (exact) mass is 304 g/mol. The van der Waals surface area contributed by atoms with Crippen LogP contribution in [0.5, 0.6) is 0 Å². The van der Waals surface area contributed by atoms with Crippen molar-refractivity contribution < 1.29 is 9.53 Å². The molecule has 0 spiro atoms. The number of ether oxygens (including phenoxy) is 1. The summed E-state index contributed by atoms with van der Waals surface area (Å²) in [4.78, 5) is 14.6. The van der Waals surface area contributed by atoms with Crippen LogP contribution < -0.4 is 5.32 Å². The molecule has 0 saturated heterocycles. The molecule has 0 heterocycles. The van der Waals surface area contributed by atoms with Crippen molar-refractivity contribution in [3.8, 4) is 0 Å². The normalized spacial score (nSPS) is 15.1. The van der Waals surface area contributed by atoms with Crippen LogP contribution in [-0.2, 0) is 16.0 Å². The Labute approximate surface area is 133 Å². The van der Waals surface area contributed by atoms with Crippen LogP contribution in [0.1, 0.15) is 31.2 Å². The van der Waals surface area contributed by atoms with E-state index in [2.05, 4.69) is 34.5 Å². The lowest BCUT2D eigenvalue weighted by atomic mass is 10.1. The molecule has 122 valence electrons. The number of carbonyl (C=O) groups is 1.